The van der Waals surface area contributed by atoms with Gasteiger partial charge < -0.3 is 24.4 Å². The lowest BCUT2D eigenvalue weighted by atomic mass is 9.68. The monoisotopic (exact) mass is 637 g/mol. The topological polar surface area (TPSA) is 101 Å². The van der Waals surface area contributed by atoms with Crippen LogP contribution in [0.4, 0.5) is 5.69 Å². The van der Waals surface area contributed by atoms with E-state index in [9.17, 15) is 14.7 Å². The molecule has 2 bridgehead atoms. The number of carbonyl (C=O) groups is 2. The number of ether oxygens (including phenoxy) is 2. The number of fused-ring (bicyclic) bond motifs is 4. The molecule has 242 valence electrons. The fourth-order valence-corrected chi connectivity index (χ4v) is 7.97. The molecule has 2 N–H and O–H groups in total. The molecule has 1 spiro atoms. The van der Waals surface area contributed by atoms with Gasteiger partial charge in [-0.1, -0.05) is 35.9 Å². The molecule has 4 aliphatic rings. The minimum absolute atomic E-state index is 0.0129. The van der Waals surface area contributed by atoms with Gasteiger partial charge >= 0.3 is 0 Å². The minimum atomic E-state index is -2.16. The van der Waals surface area contributed by atoms with Crippen molar-refractivity contribution < 1.29 is 29.0 Å². The van der Waals surface area contributed by atoms with Crippen LogP contribution in [0, 0.1) is 11.8 Å². The number of aliphatic hydroxyl groups is 1. The molecule has 45 heavy (non-hydrogen) atoms. The van der Waals surface area contributed by atoms with Crippen LogP contribution in [0.1, 0.15) is 55.2 Å². The number of benzene rings is 2. The van der Waals surface area contributed by atoms with Crippen molar-refractivity contribution in [1.29, 1.82) is 0 Å². The third-order valence-electron chi connectivity index (χ3n) is 10.5. The van der Waals surface area contributed by atoms with Gasteiger partial charge in [0.05, 0.1) is 31.9 Å². The van der Waals surface area contributed by atoms with Crippen molar-refractivity contribution in [2.75, 3.05) is 52.4 Å². The number of hydrogen-bond acceptors (Lipinski definition) is 7. The Kier molecular flexibility index (Phi) is 9.17. The lowest BCUT2D eigenvalue weighted by Crippen LogP contribution is -2.50. The number of nitrogens with zero attached hydrogens (tertiary/aromatic N) is 2. The van der Waals surface area contributed by atoms with Crippen LogP contribution in [0.2, 0.25) is 5.02 Å². The highest BCUT2D eigenvalue weighted by atomic mass is 35.5. The number of amides is 2. The van der Waals surface area contributed by atoms with E-state index in [2.05, 4.69) is 34.7 Å². The molecule has 2 aliphatic heterocycles. The molecule has 0 unspecified atom stereocenters. The molecule has 6 rings (SSSR count). The van der Waals surface area contributed by atoms with Gasteiger partial charge in [-0.25, -0.2) is 5.48 Å². The van der Waals surface area contributed by atoms with Crippen molar-refractivity contribution in [1.82, 2.24) is 10.4 Å². The predicted octanol–water partition coefficient (Wildman–Crippen LogP) is 4.53. The normalized spacial score (nSPS) is 30.8. The molecule has 0 saturated heterocycles. The fourth-order valence-electron chi connectivity index (χ4n) is 7.77. The second-order valence-electron chi connectivity index (χ2n) is 13.2. The van der Waals surface area contributed by atoms with Gasteiger partial charge in [-0.3, -0.25) is 14.4 Å². The summed E-state index contributed by atoms with van der Waals surface area (Å²) in [5.41, 5.74) is 3.50. The van der Waals surface area contributed by atoms with Gasteiger partial charge in [0, 0.05) is 44.2 Å². The molecule has 2 aromatic rings. The highest BCUT2D eigenvalue weighted by Crippen LogP contribution is 2.47. The minimum Gasteiger partial charge on any atom is -0.490 e. The highest BCUT2D eigenvalue weighted by molar-refractivity contribution is 6.30. The summed E-state index contributed by atoms with van der Waals surface area (Å²) >= 11 is 6.43. The molecule has 2 aliphatic carbocycles. The van der Waals surface area contributed by atoms with E-state index in [0.29, 0.717) is 49.3 Å². The second-order valence-corrected chi connectivity index (χ2v) is 13.6. The molecule has 0 aromatic heterocycles. The van der Waals surface area contributed by atoms with E-state index in [0.717, 1.165) is 49.4 Å². The third kappa shape index (κ3) is 6.08. The quantitative estimate of drug-likeness (QED) is 0.377. The molecule has 2 aromatic carbocycles. The zero-order valence-corrected chi connectivity index (χ0v) is 27.1. The van der Waals surface area contributed by atoms with Crippen LogP contribution < -0.4 is 15.1 Å². The molecule has 2 amide bonds. The smallest absolute Gasteiger partial charge is 0.280 e. The maximum atomic E-state index is 13.4. The molecule has 1 fully saturated rings. The summed E-state index contributed by atoms with van der Waals surface area (Å²) in [5, 5.41) is 12.7. The zero-order chi connectivity index (χ0) is 31.8. The molecule has 2 heterocycles. The van der Waals surface area contributed by atoms with E-state index in [1.54, 1.807) is 25.1 Å². The third-order valence-corrected chi connectivity index (χ3v) is 10.7. The molecule has 9 nitrogen and oxygen atoms in total. The van der Waals surface area contributed by atoms with Crippen molar-refractivity contribution in [2.45, 2.75) is 62.1 Å². The molecular formula is C35H44ClN3O6. The number of nitrogens with one attached hydrogen (secondary N) is 1. The Bertz CT molecular complexity index is 1470. The highest BCUT2D eigenvalue weighted by Gasteiger charge is 2.46. The molecule has 0 radical (unpaired) electrons. The number of halogens is 1. The largest absolute Gasteiger partial charge is 0.490 e. The number of hydroxylamine groups is 1. The van der Waals surface area contributed by atoms with Crippen molar-refractivity contribution in [3.63, 3.8) is 0 Å². The summed E-state index contributed by atoms with van der Waals surface area (Å²) < 4.78 is 12.6. The zero-order valence-electron chi connectivity index (χ0n) is 26.4. The maximum absolute atomic E-state index is 13.4. The Balaban J connectivity index is 1.47. The number of hydrogen-bond donors (Lipinski definition) is 2. The summed E-state index contributed by atoms with van der Waals surface area (Å²) in [6.45, 7) is 2.43. The number of carbonyl (C=O) groups excluding carboxylic acids is 2. The van der Waals surface area contributed by atoms with Crippen LogP contribution in [0.25, 0.3) is 0 Å². The molecule has 10 heteroatoms. The van der Waals surface area contributed by atoms with Crippen LogP contribution in [-0.2, 0) is 36.6 Å². The van der Waals surface area contributed by atoms with E-state index in [1.165, 1.54) is 18.2 Å². The second kappa shape index (κ2) is 12.9. The van der Waals surface area contributed by atoms with Gasteiger partial charge in [0.25, 0.3) is 5.91 Å². The first-order valence-corrected chi connectivity index (χ1v) is 16.4. The number of methoxy groups -OCH3 is 1. The van der Waals surface area contributed by atoms with Crippen molar-refractivity contribution in [2.24, 2.45) is 11.8 Å². The van der Waals surface area contributed by atoms with Gasteiger partial charge in [0.1, 0.15) is 5.75 Å². The maximum Gasteiger partial charge on any atom is 0.280 e. The van der Waals surface area contributed by atoms with Gasteiger partial charge in [-0.05, 0) is 91.3 Å². The molecular weight excluding hydrogens is 594 g/mol. The van der Waals surface area contributed by atoms with Gasteiger partial charge in [-0.15, -0.1) is 0 Å². The summed E-state index contributed by atoms with van der Waals surface area (Å²) in [5.74, 6) is 0.269. The average Bonchev–Trinajstić information content (AvgIpc) is 3.16. The summed E-state index contributed by atoms with van der Waals surface area (Å²) in [6, 6.07) is 11.6. The lowest BCUT2D eigenvalue weighted by molar-refractivity contribution is -0.158. The Labute approximate surface area is 270 Å². The van der Waals surface area contributed by atoms with E-state index in [1.807, 2.05) is 18.2 Å². The lowest BCUT2D eigenvalue weighted by Gasteiger charge is -2.46. The molecule has 1 saturated carbocycles. The van der Waals surface area contributed by atoms with Crippen molar-refractivity contribution >= 4 is 29.1 Å². The van der Waals surface area contributed by atoms with Crippen LogP contribution in [0.15, 0.2) is 48.6 Å². The Morgan fingerprint density at radius 2 is 2.02 bits per heavy atom. The number of aryl methyl sites for hydroxylation is 1. The van der Waals surface area contributed by atoms with Crippen molar-refractivity contribution in [3.05, 3.63) is 70.3 Å². The van der Waals surface area contributed by atoms with Gasteiger partial charge in [0.15, 0.2) is 5.60 Å². The predicted molar refractivity (Wildman–Crippen MR) is 172 cm³/mol. The van der Waals surface area contributed by atoms with Crippen LogP contribution in [-0.4, -0.2) is 75.4 Å². The summed E-state index contributed by atoms with van der Waals surface area (Å²) in [4.78, 5) is 35.6. The van der Waals surface area contributed by atoms with E-state index >= 15 is 0 Å². The van der Waals surface area contributed by atoms with Crippen LogP contribution >= 0.6 is 11.6 Å². The van der Waals surface area contributed by atoms with E-state index < -0.39 is 17.9 Å². The number of rotatable bonds is 3. The van der Waals surface area contributed by atoms with Crippen molar-refractivity contribution in [3.8, 4) is 5.75 Å². The summed E-state index contributed by atoms with van der Waals surface area (Å²) in [7, 11) is 4.76. The van der Waals surface area contributed by atoms with Gasteiger partial charge in [-0.2, -0.15) is 0 Å². The standard InChI is InChI=1S/C35H44ClN3O6/c1-38-16-5-4-8-30(43-2)27-12-9-24(27)20-39-21-34(15-6-7-23-17-26(36)11-13-28(23)34)22-45-31-14-10-25(18-29(31)39)35(42,19-32(38)40)33(41)37-44-3/h4,8,10-11,13-14,17-18,24,27,30,42H,5-7,9,12,15-16,19-22H2,1-3H3,(H,37,41)/b8-4+/t24-,27+,30-,34-,35+/m0/s1. The summed E-state index contributed by atoms with van der Waals surface area (Å²) in [6.07, 6.45) is 9.52. The molecule has 5 atom stereocenters. The van der Waals surface area contributed by atoms with Gasteiger partial charge in [0.2, 0.25) is 5.91 Å². The first-order chi connectivity index (χ1) is 21.7. The Hall–Kier alpha value is -3.11. The van der Waals surface area contributed by atoms with Crippen LogP contribution in [0.3, 0.4) is 0 Å². The SMILES string of the molecule is CONC(=O)[C@@]1(O)CC(=O)N(C)CC/C=C/[C@H](OC)[C@@H]2CC[C@H]2CN2C[C@@]3(CCCc4cc(Cl)ccc43)COc3ccc1cc32. The first kappa shape index (κ1) is 31.9. The average molecular weight is 638 g/mol. The fraction of sp³-hybridized carbons (Fsp3) is 0.543. The van der Waals surface area contributed by atoms with E-state index in [4.69, 9.17) is 25.9 Å². The number of anilines is 1. The Morgan fingerprint density at radius 3 is 2.78 bits per heavy atom. The first-order valence-electron chi connectivity index (χ1n) is 16.0. The van der Waals surface area contributed by atoms with Crippen LogP contribution in [0.5, 0.6) is 5.75 Å². The van der Waals surface area contributed by atoms with E-state index in [-0.39, 0.29) is 17.4 Å². The Morgan fingerprint density at radius 1 is 1.18 bits per heavy atom.